The van der Waals surface area contributed by atoms with E-state index in [1.165, 1.54) is 16.2 Å². The van der Waals surface area contributed by atoms with E-state index in [4.69, 9.17) is 9.47 Å². The molecule has 1 aromatic heterocycles. The molecule has 2 aromatic carbocycles. The third-order valence-electron chi connectivity index (χ3n) is 3.80. The van der Waals surface area contributed by atoms with Crippen LogP contribution in [0.15, 0.2) is 64.9 Å². The molecule has 0 atom stereocenters. The Morgan fingerprint density at radius 3 is 2.61 bits per heavy atom. The lowest BCUT2D eigenvalue weighted by Crippen LogP contribution is -2.12. The number of carbonyl (C=O) groups is 1. The normalized spacial score (nSPS) is 10.5. The highest BCUT2D eigenvalue weighted by Gasteiger charge is 2.07. The van der Waals surface area contributed by atoms with E-state index in [1.54, 1.807) is 18.9 Å². The summed E-state index contributed by atoms with van der Waals surface area (Å²) in [6.07, 6.45) is 1.03. The Balaban J connectivity index is 1.34. The summed E-state index contributed by atoms with van der Waals surface area (Å²) in [6, 6.07) is 17.6. The quantitative estimate of drug-likeness (QED) is 0.363. The maximum atomic E-state index is 12.1. The summed E-state index contributed by atoms with van der Waals surface area (Å²) in [5.41, 5.74) is 0.969. The first-order chi connectivity index (χ1) is 13.7. The van der Waals surface area contributed by atoms with Gasteiger partial charge in [-0.25, -0.2) is 4.98 Å². The van der Waals surface area contributed by atoms with E-state index < -0.39 is 0 Å². The third-order valence-corrected chi connectivity index (χ3v) is 5.66. The zero-order valence-corrected chi connectivity index (χ0v) is 17.2. The summed E-state index contributed by atoms with van der Waals surface area (Å²) >= 11 is 3.18. The fourth-order valence-corrected chi connectivity index (χ4v) is 4.03. The van der Waals surface area contributed by atoms with Gasteiger partial charge in [-0.2, -0.15) is 0 Å². The van der Waals surface area contributed by atoms with Crippen LogP contribution in [-0.2, 0) is 10.5 Å². The van der Waals surface area contributed by atoms with Crippen LogP contribution < -0.4 is 14.8 Å². The van der Waals surface area contributed by atoms with E-state index in [2.05, 4.69) is 22.4 Å². The highest BCUT2D eigenvalue weighted by atomic mass is 32.2. The van der Waals surface area contributed by atoms with E-state index in [0.717, 1.165) is 22.9 Å². The number of aromatic nitrogens is 1. The highest BCUT2D eigenvalue weighted by Crippen LogP contribution is 2.25. The van der Waals surface area contributed by atoms with Gasteiger partial charge in [-0.15, -0.1) is 23.1 Å². The average Bonchev–Trinajstić information content (AvgIpc) is 3.18. The number of ether oxygens (including phenoxy) is 2. The molecule has 3 aromatic rings. The van der Waals surface area contributed by atoms with Crippen molar-refractivity contribution in [2.24, 2.45) is 0 Å². The van der Waals surface area contributed by atoms with Crippen LogP contribution in [0.5, 0.6) is 11.5 Å². The predicted molar refractivity (Wildman–Crippen MR) is 114 cm³/mol. The molecular formula is C21H22N2O3S2. The standard InChI is InChI=1S/C21H22N2O3S2/c1-25-17-9-11-18(12-10-17)26-13-5-8-20(24)23-21-22-16(15-28-21)14-27-19-6-3-2-4-7-19/h2-4,6-7,9-12,15H,5,8,13-14H2,1H3,(H,22,23,24). The number of hydrogen-bond donors (Lipinski definition) is 1. The Morgan fingerprint density at radius 1 is 1.11 bits per heavy atom. The monoisotopic (exact) mass is 414 g/mol. The number of nitrogens with zero attached hydrogens (tertiary/aromatic N) is 1. The lowest BCUT2D eigenvalue weighted by Gasteiger charge is -2.07. The molecule has 0 unspecified atom stereocenters. The van der Waals surface area contributed by atoms with Gasteiger partial charge in [-0.1, -0.05) is 18.2 Å². The molecule has 146 valence electrons. The van der Waals surface area contributed by atoms with Gasteiger partial charge in [0, 0.05) is 22.4 Å². The van der Waals surface area contributed by atoms with Gasteiger partial charge < -0.3 is 14.8 Å². The number of rotatable bonds is 10. The third kappa shape index (κ3) is 6.58. The molecule has 28 heavy (non-hydrogen) atoms. The van der Waals surface area contributed by atoms with Gasteiger partial charge in [-0.05, 0) is 42.8 Å². The first kappa shape index (κ1) is 20.2. The Morgan fingerprint density at radius 2 is 1.86 bits per heavy atom. The van der Waals surface area contributed by atoms with Crippen molar-refractivity contribution >= 4 is 34.1 Å². The lowest BCUT2D eigenvalue weighted by atomic mass is 10.3. The Kier molecular flexibility index (Phi) is 7.75. The first-order valence-electron chi connectivity index (χ1n) is 8.92. The van der Waals surface area contributed by atoms with E-state index in [9.17, 15) is 4.79 Å². The molecule has 1 heterocycles. The van der Waals surface area contributed by atoms with E-state index in [-0.39, 0.29) is 5.91 Å². The number of carbonyl (C=O) groups excluding carboxylic acids is 1. The van der Waals surface area contributed by atoms with Crippen LogP contribution in [0.1, 0.15) is 18.5 Å². The smallest absolute Gasteiger partial charge is 0.226 e. The number of nitrogens with one attached hydrogen (secondary N) is 1. The largest absolute Gasteiger partial charge is 0.497 e. The molecule has 0 saturated heterocycles. The molecule has 0 aliphatic rings. The van der Waals surface area contributed by atoms with Gasteiger partial charge in [0.1, 0.15) is 11.5 Å². The number of thiazole rings is 1. The minimum atomic E-state index is -0.0463. The van der Waals surface area contributed by atoms with Crippen LogP contribution in [0.4, 0.5) is 5.13 Å². The molecule has 0 radical (unpaired) electrons. The van der Waals surface area contributed by atoms with Crippen LogP contribution >= 0.6 is 23.1 Å². The summed E-state index contributed by atoms with van der Waals surface area (Å²) < 4.78 is 10.7. The zero-order valence-electron chi connectivity index (χ0n) is 15.6. The lowest BCUT2D eigenvalue weighted by molar-refractivity contribution is -0.116. The fourth-order valence-electron chi connectivity index (χ4n) is 2.38. The van der Waals surface area contributed by atoms with Crippen LogP contribution in [-0.4, -0.2) is 24.6 Å². The van der Waals surface area contributed by atoms with Gasteiger partial charge in [0.2, 0.25) is 5.91 Å². The van der Waals surface area contributed by atoms with Crippen LogP contribution in [0.2, 0.25) is 0 Å². The van der Waals surface area contributed by atoms with E-state index in [0.29, 0.717) is 24.6 Å². The minimum absolute atomic E-state index is 0.0463. The SMILES string of the molecule is COc1ccc(OCCCC(=O)Nc2nc(CSc3ccccc3)cs2)cc1. The van der Waals surface area contributed by atoms with Gasteiger partial charge in [0.25, 0.3) is 0 Å². The molecule has 7 heteroatoms. The fraction of sp³-hybridized carbons (Fsp3) is 0.238. The molecule has 0 aliphatic heterocycles. The van der Waals surface area contributed by atoms with Crippen molar-refractivity contribution in [3.63, 3.8) is 0 Å². The Bertz CT molecular complexity index is 867. The second kappa shape index (κ2) is 10.7. The summed E-state index contributed by atoms with van der Waals surface area (Å²) in [5.74, 6) is 2.29. The average molecular weight is 415 g/mol. The van der Waals surface area contributed by atoms with E-state index >= 15 is 0 Å². The summed E-state index contributed by atoms with van der Waals surface area (Å²) in [4.78, 5) is 17.8. The topological polar surface area (TPSA) is 60.5 Å². The van der Waals surface area contributed by atoms with Crippen molar-refractivity contribution < 1.29 is 14.3 Å². The van der Waals surface area contributed by atoms with Crippen molar-refractivity contribution in [2.45, 2.75) is 23.5 Å². The van der Waals surface area contributed by atoms with Gasteiger partial charge in [0.15, 0.2) is 5.13 Å². The Hall–Kier alpha value is -2.51. The molecule has 3 rings (SSSR count). The second-order valence-electron chi connectivity index (χ2n) is 5.92. The summed E-state index contributed by atoms with van der Waals surface area (Å²) in [5, 5.41) is 5.49. The number of methoxy groups -OCH3 is 1. The molecule has 0 fully saturated rings. The summed E-state index contributed by atoms with van der Waals surface area (Å²) in [7, 11) is 1.63. The molecular weight excluding hydrogens is 392 g/mol. The van der Waals surface area contributed by atoms with Gasteiger partial charge >= 0.3 is 0 Å². The number of anilines is 1. The maximum absolute atomic E-state index is 12.1. The van der Waals surface area contributed by atoms with Crippen molar-refractivity contribution in [1.82, 2.24) is 4.98 Å². The van der Waals surface area contributed by atoms with Crippen molar-refractivity contribution in [1.29, 1.82) is 0 Å². The second-order valence-corrected chi connectivity index (χ2v) is 7.83. The first-order valence-corrected chi connectivity index (χ1v) is 10.8. The number of hydrogen-bond acceptors (Lipinski definition) is 6. The van der Waals surface area contributed by atoms with Gasteiger partial charge in [0.05, 0.1) is 19.4 Å². The predicted octanol–water partition coefficient (Wildman–Crippen LogP) is 5.24. The van der Waals surface area contributed by atoms with Crippen LogP contribution in [0, 0.1) is 0 Å². The molecule has 0 saturated carbocycles. The maximum Gasteiger partial charge on any atom is 0.226 e. The van der Waals surface area contributed by atoms with Gasteiger partial charge in [-0.3, -0.25) is 4.79 Å². The highest BCUT2D eigenvalue weighted by molar-refractivity contribution is 7.98. The molecule has 1 N–H and O–H groups in total. The Labute approximate surface area is 173 Å². The molecule has 5 nitrogen and oxygen atoms in total. The summed E-state index contributed by atoms with van der Waals surface area (Å²) in [6.45, 7) is 0.483. The van der Waals surface area contributed by atoms with Crippen LogP contribution in [0.25, 0.3) is 0 Å². The minimum Gasteiger partial charge on any atom is -0.497 e. The van der Waals surface area contributed by atoms with E-state index in [1.807, 2.05) is 47.8 Å². The molecule has 0 aliphatic carbocycles. The molecule has 0 bridgehead atoms. The molecule has 1 amide bonds. The van der Waals surface area contributed by atoms with Crippen molar-refractivity contribution in [2.75, 3.05) is 19.0 Å². The van der Waals surface area contributed by atoms with Crippen molar-refractivity contribution in [3.8, 4) is 11.5 Å². The zero-order chi connectivity index (χ0) is 19.6. The number of thioether (sulfide) groups is 1. The van der Waals surface area contributed by atoms with Crippen LogP contribution in [0.3, 0.4) is 0 Å². The number of benzene rings is 2. The molecule has 0 spiro atoms. The van der Waals surface area contributed by atoms with Crippen molar-refractivity contribution in [3.05, 3.63) is 65.7 Å². The number of amides is 1.